The largest absolute Gasteiger partial charge is 0.433 e. The zero-order chi connectivity index (χ0) is 22.8. The summed E-state index contributed by atoms with van der Waals surface area (Å²) in [7, 11) is 0. The Kier molecular flexibility index (Phi) is 6.39. The smallest absolute Gasteiger partial charge is 0.387 e. The van der Waals surface area contributed by atoms with E-state index >= 15 is 0 Å². The minimum atomic E-state index is -3.08. The van der Waals surface area contributed by atoms with E-state index in [1.165, 1.54) is 19.1 Å². The van der Waals surface area contributed by atoms with Gasteiger partial charge in [-0.25, -0.2) is 18.2 Å². The van der Waals surface area contributed by atoms with Crippen LogP contribution in [0.3, 0.4) is 0 Å². The highest BCUT2D eigenvalue weighted by Crippen LogP contribution is 2.36. The van der Waals surface area contributed by atoms with Crippen LogP contribution in [0.15, 0.2) is 35.5 Å². The number of amides is 1. The SMILES string of the molecule is Cc1cc(OC(F)F)cnc1C(=O)Nc1ccc(F)c([C@]2(C(F)F)CNCC(N)=N2)c1. The number of rotatable bonds is 6. The van der Waals surface area contributed by atoms with Gasteiger partial charge in [0.1, 0.15) is 23.1 Å². The lowest BCUT2D eigenvalue weighted by molar-refractivity contribution is -0.0501. The van der Waals surface area contributed by atoms with Crippen LogP contribution < -0.4 is 21.1 Å². The lowest BCUT2D eigenvalue weighted by Gasteiger charge is -2.34. The number of nitrogens with zero attached hydrogens (tertiary/aromatic N) is 2. The molecule has 0 aliphatic carbocycles. The topological polar surface area (TPSA) is 102 Å². The molecule has 0 saturated carbocycles. The molecule has 4 N–H and O–H groups in total. The Labute approximate surface area is 173 Å². The molecule has 0 fully saturated rings. The zero-order valence-electron chi connectivity index (χ0n) is 16.1. The third-order valence-electron chi connectivity index (χ3n) is 4.59. The average molecular weight is 443 g/mol. The van der Waals surface area contributed by atoms with Crippen molar-refractivity contribution in [1.29, 1.82) is 0 Å². The predicted octanol–water partition coefficient (Wildman–Crippen LogP) is 2.80. The first kappa shape index (κ1) is 22.4. The van der Waals surface area contributed by atoms with Crippen molar-refractivity contribution in [2.45, 2.75) is 25.5 Å². The first-order valence-corrected chi connectivity index (χ1v) is 8.98. The molecular weight excluding hydrogens is 425 g/mol. The molecule has 166 valence electrons. The van der Waals surface area contributed by atoms with Gasteiger partial charge in [0, 0.05) is 17.8 Å². The van der Waals surface area contributed by atoms with Crippen LogP contribution in [0, 0.1) is 12.7 Å². The molecule has 0 saturated heterocycles. The van der Waals surface area contributed by atoms with Gasteiger partial charge in [0.2, 0.25) is 0 Å². The van der Waals surface area contributed by atoms with Crippen molar-refractivity contribution in [3.05, 3.63) is 53.1 Å². The number of nitrogens with two attached hydrogens (primary N) is 1. The number of benzene rings is 1. The minimum absolute atomic E-state index is 0.00915. The fourth-order valence-electron chi connectivity index (χ4n) is 3.19. The fourth-order valence-corrected chi connectivity index (χ4v) is 3.19. The van der Waals surface area contributed by atoms with Crippen LogP contribution in [-0.2, 0) is 5.54 Å². The summed E-state index contributed by atoms with van der Waals surface area (Å²) in [6, 6.07) is 4.35. The average Bonchev–Trinajstić information content (AvgIpc) is 2.68. The van der Waals surface area contributed by atoms with Crippen molar-refractivity contribution >= 4 is 17.4 Å². The number of anilines is 1. The molecule has 31 heavy (non-hydrogen) atoms. The molecule has 3 rings (SSSR count). The number of halogens is 5. The van der Waals surface area contributed by atoms with Crippen LogP contribution in [0.1, 0.15) is 21.6 Å². The Morgan fingerprint density at radius 2 is 2.03 bits per heavy atom. The van der Waals surface area contributed by atoms with E-state index in [0.717, 1.165) is 18.3 Å². The first-order valence-electron chi connectivity index (χ1n) is 8.98. The minimum Gasteiger partial charge on any atom is -0.433 e. The number of alkyl halides is 4. The highest BCUT2D eigenvalue weighted by atomic mass is 19.3. The number of carbonyl (C=O) groups excluding carboxylic acids is 1. The Morgan fingerprint density at radius 3 is 2.65 bits per heavy atom. The number of amidine groups is 1. The molecule has 7 nitrogen and oxygen atoms in total. The van der Waals surface area contributed by atoms with Crippen LogP contribution in [0.2, 0.25) is 0 Å². The van der Waals surface area contributed by atoms with Gasteiger partial charge < -0.3 is 21.1 Å². The number of ether oxygens (including phenoxy) is 1. The molecule has 1 aromatic heterocycles. The molecule has 1 aliphatic heterocycles. The molecule has 0 unspecified atom stereocenters. The highest BCUT2D eigenvalue weighted by Gasteiger charge is 2.45. The monoisotopic (exact) mass is 443 g/mol. The van der Waals surface area contributed by atoms with Gasteiger partial charge in [-0.3, -0.25) is 9.79 Å². The standard InChI is InChI=1S/C19H18F5N5O2/c1-9-4-11(31-18(23)24)6-27-15(9)16(30)28-10-2-3-13(20)12(5-10)19(17(21)22)8-26-7-14(25)29-19/h2-6,17-18,26H,7-8H2,1H3,(H2,25,29)(H,28,30)/t19-/m0/s1. The number of carbonyl (C=O) groups is 1. The van der Waals surface area contributed by atoms with Crippen LogP contribution in [-0.4, -0.2) is 42.9 Å². The van der Waals surface area contributed by atoms with Gasteiger partial charge in [0.05, 0.1) is 12.7 Å². The van der Waals surface area contributed by atoms with E-state index in [2.05, 4.69) is 25.3 Å². The Bertz CT molecular complexity index is 1020. The number of pyridine rings is 1. The fraction of sp³-hybridized carbons (Fsp3) is 0.316. The highest BCUT2D eigenvalue weighted by molar-refractivity contribution is 6.03. The van der Waals surface area contributed by atoms with Crippen LogP contribution >= 0.6 is 0 Å². The molecular formula is C19H18F5N5O2. The van der Waals surface area contributed by atoms with Crippen molar-refractivity contribution < 1.29 is 31.5 Å². The second-order valence-electron chi connectivity index (χ2n) is 6.80. The van der Waals surface area contributed by atoms with Gasteiger partial charge in [-0.2, -0.15) is 8.78 Å². The van der Waals surface area contributed by atoms with Crippen molar-refractivity contribution in [1.82, 2.24) is 10.3 Å². The number of aryl methyl sites for hydroxylation is 1. The van der Waals surface area contributed by atoms with E-state index in [1.54, 1.807) is 0 Å². The van der Waals surface area contributed by atoms with E-state index in [4.69, 9.17) is 5.73 Å². The second-order valence-corrected chi connectivity index (χ2v) is 6.80. The second kappa shape index (κ2) is 8.84. The van der Waals surface area contributed by atoms with Gasteiger partial charge in [0.25, 0.3) is 12.3 Å². The van der Waals surface area contributed by atoms with Gasteiger partial charge in [-0.1, -0.05) is 0 Å². The van der Waals surface area contributed by atoms with Crippen LogP contribution in [0.5, 0.6) is 5.75 Å². The van der Waals surface area contributed by atoms with Crippen molar-refractivity contribution in [3.8, 4) is 5.75 Å². The van der Waals surface area contributed by atoms with E-state index in [1.807, 2.05) is 0 Å². The predicted molar refractivity (Wildman–Crippen MR) is 102 cm³/mol. The lowest BCUT2D eigenvalue weighted by Crippen LogP contribution is -2.51. The van der Waals surface area contributed by atoms with E-state index in [0.29, 0.717) is 0 Å². The molecule has 0 spiro atoms. The molecule has 12 heteroatoms. The number of hydrogen-bond acceptors (Lipinski definition) is 6. The molecule has 2 aromatic rings. The van der Waals surface area contributed by atoms with Crippen LogP contribution in [0.4, 0.5) is 27.6 Å². The van der Waals surface area contributed by atoms with E-state index < -0.39 is 35.9 Å². The molecule has 0 bridgehead atoms. The van der Waals surface area contributed by atoms with Crippen molar-refractivity contribution in [3.63, 3.8) is 0 Å². The maximum absolute atomic E-state index is 14.5. The molecule has 2 heterocycles. The Balaban J connectivity index is 1.90. The van der Waals surface area contributed by atoms with Crippen molar-refractivity contribution in [2.75, 3.05) is 18.4 Å². The number of aliphatic imine (C=N–C) groups is 1. The number of hydrogen-bond donors (Lipinski definition) is 3. The van der Waals surface area contributed by atoms with E-state index in [9.17, 15) is 26.7 Å². The molecule has 1 amide bonds. The molecule has 1 aliphatic rings. The summed E-state index contributed by atoms with van der Waals surface area (Å²) in [6.45, 7) is -1.87. The summed E-state index contributed by atoms with van der Waals surface area (Å²) < 4.78 is 71.2. The number of nitrogens with one attached hydrogen (secondary N) is 2. The maximum atomic E-state index is 14.5. The van der Waals surface area contributed by atoms with Gasteiger partial charge in [0.15, 0.2) is 5.54 Å². The van der Waals surface area contributed by atoms with Gasteiger partial charge >= 0.3 is 6.61 Å². The summed E-state index contributed by atoms with van der Waals surface area (Å²) in [5.41, 5.74) is 3.02. The summed E-state index contributed by atoms with van der Waals surface area (Å²) >= 11 is 0. The third kappa shape index (κ3) is 4.74. The summed E-state index contributed by atoms with van der Waals surface area (Å²) in [5.74, 6) is -2.03. The summed E-state index contributed by atoms with van der Waals surface area (Å²) in [4.78, 5) is 20.2. The van der Waals surface area contributed by atoms with Gasteiger partial charge in [-0.05, 0) is 36.8 Å². The zero-order valence-corrected chi connectivity index (χ0v) is 16.1. The maximum Gasteiger partial charge on any atom is 0.387 e. The Hall–Kier alpha value is -3.28. The lowest BCUT2D eigenvalue weighted by atomic mass is 9.88. The number of aromatic nitrogens is 1. The quantitative estimate of drug-likeness (QED) is 0.596. The molecule has 0 radical (unpaired) electrons. The summed E-state index contributed by atoms with van der Waals surface area (Å²) in [6.07, 6.45) is -2.13. The molecule has 1 atom stereocenters. The Morgan fingerprint density at radius 1 is 1.29 bits per heavy atom. The first-order chi connectivity index (χ1) is 14.6. The van der Waals surface area contributed by atoms with E-state index in [-0.39, 0.29) is 41.6 Å². The van der Waals surface area contributed by atoms with Crippen molar-refractivity contribution in [2.24, 2.45) is 10.7 Å². The van der Waals surface area contributed by atoms with Crippen LogP contribution in [0.25, 0.3) is 0 Å². The molecule has 1 aromatic carbocycles. The third-order valence-corrected chi connectivity index (χ3v) is 4.59. The summed E-state index contributed by atoms with van der Waals surface area (Å²) in [5, 5.41) is 5.11. The normalized spacial score (nSPS) is 18.8. The van der Waals surface area contributed by atoms with Gasteiger partial charge in [-0.15, -0.1) is 0 Å².